The molecule has 146 valence electrons. The summed E-state index contributed by atoms with van der Waals surface area (Å²) in [7, 11) is 1.65. The molecule has 0 fully saturated rings. The number of nitrogens with one attached hydrogen (secondary N) is 1. The van der Waals surface area contributed by atoms with Crippen molar-refractivity contribution in [2.45, 2.75) is 27.0 Å². The van der Waals surface area contributed by atoms with Crippen molar-refractivity contribution < 1.29 is 9.47 Å². The van der Waals surface area contributed by atoms with Gasteiger partial charge >= 0.3 is 0 Å². The summed E-state index contributed by atoms with van der Waals surface area (Å²) in [4.78, 5) is 0. The summed E-state index contributed by atoms with van der Waals surface area (Å²) in [6.45, 7) is 5.33. The second-order valence-corrected chi connectivity index (χ2v) is 7.99. The highest BCUT2D eigenvalue weighted by Gasteiger charge is 2.12. The maximum absolute atomic E-state index is 6.00. The molecule has 0 aromatic heterocycles. The van der Waals surface area contributed by atoms with Gasteiger partial charge in [0.2, 0.25) is 0 Å². The Labute approximate surface area is 179 Å². The molecule has 3 nitrogen and oxygen atoms in total. The molecule has 0 spiro atoms. The zero-order chi connectivity index (χ0) is 20.1. The van der Waals surface area contributed by atoms with Crippen LogP contribution in [0.3, 0.4) is 0 Å². The monoisotopic (exact) mass is 459 g/mol. The van der Waals surface area contributed by atoms with Crippen molar-refractivity contribution in [3.8, 4) is 11.5 Å². The first-order chi connectivity index (χ1) is 13.5. The fraction of sp³-hybridized carbons (Fsp3) is 0.217. The number of hydrogen-bond donors (Lipinski definition) is 1. The Bertz CT molecular complexity index is 958. The molecule has 0 unspecified atom stereocenters. The van der Waals surface area contributed by atoms with Crippen molar-refractivity contribution in [1.29, 1.82) is 0 Å². The lowest BCUT2D eigenvalue weighted by atomic mass is 10.1. The molecule has 0 saturated heterocycles. The molecule has 0 atom stereocenters. The Morgan fingerprint density at radius 2 is 1.71 bits per heavy atom. The first kappa shape index (κ1) is 20.6. The third kappa shape index (κ3) is 5.21. The normalized spacial score (nSPS) is 10.6. The van der Waals surface area contributed by atoms with E-state index in [2.05, 4.69) is 59.4 Å². The van der Waals surface area contributed by atoms with Gasteiger partial charge in [-0.1, -0.05) is 35.9 Å². The van der Waals surface area contributed by atoms with Crippen LogP contribution in [0.25, 0.3) is 0 Å². The Kier molecular flexibility index (Phi) is 6.87. The lowest BCUT2D eigenvalue weighted by Gasteiger charge is -2.16. The van der Waals surface area contributed by atoms with Crippen molar-refractivity contribution in [2.75, 3.05) is 12.4 Å². The maximum Gasteiger partial charge on any atom is 0.175 e. The van der Waals surface area contributed by atoms with E-state index in [1.807, 2.05) is 30.3 Å². The van der Waals surface area contributed by atoms with E-state index in [1.54, 1.807) is 7.11 Å². The van der Waals surface area contributed by atoms with Gasteiger partial charge in [0.25, 0.3) is 0 Å². The zero-order valence-electron chi connectivity index (χ0n) is 16.2. The van der Waals surface area contributed by atoms with Crippen LogP contribution in [0.15, 0.2) is 59.1 Å². The van der Waals surface area contributed by atoms with Gasteiger partial charge in [-0.25, -0.2) is 0 Å². The maximum atomic E-state index is 6.00. The van der Waals surface area contributed by atoms with E-state index in [1.165, 1.54) is 11.1 Å². The van der Waals surface area contributed by atoms with E-state index in [0.717, 1.165) is 21.3 Å². The van der Waals surface area contributed by atoms with Crippen LogP contribution < -0.4 is 14.8 Å². The first-order valence-corrected chi connectivity index (χ1v) is 10.2. The molecule has 0 radical (unpaired) electrons. The summed E-state index contributed by atoms with van der Waals surface area (Å²) >= 11 is 9.56. The summed E-state index contributed by atoms with van der Waals surface area (Å²) in [6, 6.07) is 18.1. The highest BCUT2D eigenvalue weighted by molar-refractivity contribution is 9.10. The van der Waals surface area contributed by atoms with E-state index in [9.17, 15) is 0 Å². The van der Waals surface area contributed by atoms with Crippen molar-refractivity contribution in [3.05, 3.63) is 86.3 Å². The third-order valence-electron chi connectivity index (χ3n) is 4.46. The van der Waals surface area contributed by atoms with Crippen molar-refractivity contribution >= 4 is 33.2 Å². The zero-order valence-corrected chi connectivity index (χ0v) is 18.5. The van der Waals surface area contributed by atoms with E-state index < -0.39 is 0 Å². The average Bonchev–Trinajstić information content (AvgIpc) is 2.68. The molecule has 0 amide bonds. The second-order valence-electron chi connectivity index (χ2n) is 6.70. The Balaban J connectivity index is 1.73. The van der Waals surface area contributed by atoms with Crippen molar-refractivity contribution in [3.63, 3.8) is 0 Å². The van der Waals surface area contributed by atoms with Crippen LogP contribution in [0.1, 0.15) is 22.3 Å². The van der Waals surface area contributed by atoms with Gasteiger partial charge in [-0.3, -0.25) is 0 Å². The van der Waals surface area contributed by atoms with Crippen LogP contribution in [0.4, 0.5) is 5.69 Å². The van der Waals surface area contributed by atoms with Gasteiger partial charge in [-0.05, 0) is 82.4 Å². The number of methoxy groups -OCH3 is 1. The molecule has 0 aliphatic heterocycles. The Morgan fingerprint density at radius 3 is 2.43 bits per heavy atom. The fourth-order valence-electron chi connectivity index (χ4n) is 2.88. The van der Waals surface area contributed by atoms with E-state index in [-0.39, 0.29) is 0 Å². The average molecular weight is 461 g/mol. The number of aryl methyl sites for hydroxylation is 2. The predicted molar refractivity (Wildman–Crippen MR) is 120 cm³/mol. The summed E-state index contributed by atoms with van der Waals surface area (Å²) in [5.74, 6) is 1.38. The summed E-state index contributed by atoms with van der Waals surface area (Å²) in [5.41, 5.74) is 5.73. The second kappa shape index (κ2) is 9.35. The summed E-state index contributed by atoms with van der Waals surface area (Å²) < 4.78 is 12.4. The van der Waals surface area contributed by atoms with E-state index in [0.29, 0.717) is 29.7 Å². The Morgan fingerprint density at radius 1 is 0.964 bits per heavy atom. The van der Waals surface area contributed by atoms with E-state index in [4.69, 9.17) is 21.1 Å². The Hall–Kier alpha value is -2.17. The molecule has 3 aromatic rings. The summed E-state index contributed by atoms with van der Waals surface area (Å²) in [5, 5.41) is 4.21. The molecule has 0 aliphatic rings. The molecule has 0 heterocycles. The lowest BCUT2D eigenvalue weighted by Crippen LogP contribution is -2.04. The third-order valence-corrected chi connectivity index (χ3v) is 5.30. The number of benzene rings is 3. The molecule has 1 N–H and O–H groups in total. The van der Waals surface area contributed by atoms with Crippen molar-refractivity contribution in [1.82, 2.24) is 0 Å². The quantitative estimate of drug-likeness (QED) is 0.415. The van der Waals surface area contributed by atoms with Gasteiger partial charge < -0.3 is 14.8 Å². The van der Waals surface area contributed by atoms with Gasteiger partial charge in [-0.15, -0.1) is 0 Å². The number of ether oxygens (including phenoxy) is 2. The van der Waals surface area contributed by atoms with E-state index >= 15 is 0 Å². The smallest absolute Gasteiger partial charge is 0.175 e. The standard InChI is InChI=1S/C23H23BrClNO2/c1-15-4-5-16(2)21(10-15)26-13-18-11-20(24)23(22(12-18)27-3)28-14-17-6-8-19(25)9-7-17/h4-12,26H,13-14H2,1-3H3. The highest BCUT2D eigenvalue weighted by atomic mass is 79.9. The molecule has 0 bridgehead atoms. The van der Waals surface area contributed by atoms with Crippen LogP contribution >= 0.6 is 27.5 Å². The number of halogens is 2. The number of hydrogen-bond acceptors (Lipinski definition) is 3. The molecule has 3 aromatic carbocycles. The van der Waals surface area contributed by atoms with Crippen LogP contribution in [-0.2, 0) is 13.2 Å². The van der Waals surface area contributed by atoms with Gasteiger partial charge in [0.1, 0.15) is 6.61 Å². The largest absolute Gasteiger partial charge is 0.493 e. The van der Waals surface area contributed by atoms with Crippen LogP contribution in [0, 0.1) is 13.8 Å². The SMILES string of the molecule is COc1cc(CNc2cc(C)ccc2C)cc(Br)c1OCc1ccc(Cl)cc1. The van der Waals surface area contributed by atoms with Crippen molar-refractivity contribution in [2.24, 2.45) is 0 Å². The minimum Gasteiger partial charge on any atom is -0.493 e. The van der Waals surface area contributed by atoms with Gasteiger partial charge in [0.15, 0.2) is 11.5 Å². The first-order valence-electron chi connectivity index (χ1n) is 9.01. The predicted octanol–water partition coefficient (Wildman–Crippen LogP) is 6.92. The highest BCUT2D eigenvalue weighted by Crippen LogP contribution is 2.37. The molecule has 0 aliphatic carbocycles. The molecule has 5 heteroatoms. The number of rotatable bonds is 7. The minimum absolute atomic E-state index is 0.437. The number of anilines is 1. The van der Waals surface area contributed by atoms with Crippen LogP contribution in [0.5, 0.6) is 11.5 Å². The van der Waals surface area contributed by atoms with Crippen LogP contribution in [-0.4, -0.2) is 7.11 Å². The molecule has 3 rings (SSSR count). The van der Waals surface area contributed by atoms with Crippen LogP contribution in [0.2, 0.25) is 5.02 Å². The fourth-order valence-corrected chi connectivity index (χ4v) is 3.60. The van der Waals surface area contributed by atoms with Gasteiger partial charge in [-0.2, -0.15) is 0 Å². The minimum atomic E-state index is 0.437. The summed E-state index contributed by atoms with van der Waals surface area (Å²) in [6.07, 6.45) is 0. The van der Waals surface area contributed by atoms with Gasteiger partial charge in [0.05, 0.1) is 11.6 Å². The lowest BCUT2D eigenvalue weighted by molar-refractivity contribution is 0.282. The molecular formula is C23H23BrClNO2. The van der Waals surface area contributed by atoms with Gasteiger partial charge in [0, 0.05) is 17.3 Å². The molecule has 28 heavy (non-hydrogen) atoms. The molecular weight excluding hydrogens is 438 g/mol. The molecule has 0 saturated carbocycles. The topological polar surface area (TPSA) is 30.5 Å².